The average Bonchev–Trinajstić information content (AvgIpc) is 1.65. The minimum atomic E-state index is -1.67. The molecule has 0 saturated heterocycles. The van der Waals surface area contributed by atoms with Gasteiger partial charge in [-0.15, -0.1) is 0 Å². The number of rotatable bonds is 2. The molecule has 0 rings (SSSR count). The van der Waals surface area contributed by atoms with Crippen LogP contribution in [0, 0.1) is 0 Å². The van der Waals surface area contributed by atoms with Crippen molar-refractivity contribution in [2.24, 2.45) is 0 Å². The third-order valence-corrected chi connectivity index (χ3v) is 4.61. The molecule has 0 heterocycles. The van der Waals surface area contributed by atoms with Crippen molar-refractivity contribution >= 4 is 18.7 Å². The fourth-order valence-electron chi connectivity index (χ4n) is 0.269. The normalized spacial score (nSPS) is 16.3. The van der Waals surface area contributed by atoms with Crippen molar-refractivity contribution in [2.45, 2.75) is 13.8 Å². The Bertz CT molecular complexity index is 173. The molecule has 0 aliphatic carbocycles. The highest BCUT2D eigenvalue weighted by Gasteiger charge is 2.12. The molecule has 1 nitrogen and oxygen atoms in total. The van der Waals surface area contributed by atoms with Crippen LogP contribution in [0.25, 0.3) is 0 Å². The van der Waals surface area contributed by atoms with Gasteiger partial charge < -0.3 is 0 Å². The van der Waals surface area contributed by atoms with Crippen LogP contribution in [0.5, 0.6) is 0 Å². The summed E-state index contributed by atoms with van der Waals surface area (Å²) in [5.41, 5.74) is 0.176. The Labute approximate surface area is 56.7 Å². The van der Waals surface area contributed by atoms with Crippen molar-refractivity contribution in [3.63, 3.8) is 0 Å². The summed E-state index contributed by atoms with van der Waals surface area (Å²) < 4.78 is 0. The van der Waals surface area contributed by atoms with Crippen LogP contribution < -0.4 is 0 Å². The molecule has 0 fully saturated rings. The van der Waals surface area contributed by atoms with Gasteiger partial charge in [-0.2, -0.15) is 0 Å². The van der Waals surface area contributed by atoms with Gasteiger partial charge in [0.1, 0.15) is 0 Å². The predicted molar refractivity (Wildman–Crippen MR) is 45.5 cm³/mol. The van der Waals surface area contributed by atoms with Crippen LogP contribution in [0.3, 0.4) is 0 Å². The summed E-state index contributed by atoms with van der Waals surface area (Å²) >= 11 is 0. The maximum Gasteiger partial charge on any atom is 0.153 e. The van der Waals surface area contributed by atoms with Gasteiger partial charge in [-0.3, -0.25) is 4.79 Å². The van der Waals surface area contributed by atoms with E-state index in [1.807, 2.05) is 13.6 Å². The van der Waals surface area contributed by atoms with Gasteiger partial charge in [0.15, 0.2) is 5.52 Å². The monoisotopic (exact) mass is 144 g/mol. The lowest BCUT2D eigenvalue weighted by Gasteiger charge is -2.13. The molecule has 2 heteroatoms. The van der Waals surface area contributed by atoms with Crippen molar-refractivity contribution in [1.82, 2.24) is 0 Å². The third-order valence-electron chi connectivity index (χ3n) is 1.54. The molecule has 0 radical (unpaired) electrons. The van der Waals surface area contributed by atoms with Crippen molar-refractivity contribution in [3.05, 3.63) is 11.9 Å². The summed E-state index contributed by atoms with van der Waals surface area (Å²) in [6.07, 6.45) is 3.83. The van der Waals surface area contributed by atoms with Crippen LogP contribution in [-0.4, -0.2) is 18.5 Å². The summed E-state index contributed by atoms with van der Waals surface area (Å²) in [6, 6.07) is 0. The molecular formula is C7H13OP. The Kier molecular flexibility index (Phi) is 2.45. The van der Waals surface area contributed by atoms with E-state index in [0.717, 1.165) is 5.31 Å². The second kappa shape index (κ2) is 2.53. The van der Waals surface area contributed by atoms with Gasteiger partial charge in [-0.05, 0) is 27.4 Å². The van der Waals surface area contributed by atoms with Crippen LogP contribution in [0.2, 0.25) is 0 Å². The molecule has 0 spiro atoms. The Hall–Kier alpha value is -0.290. The van der Waals surface area contributed by atoms with Crippen molar-refractivity contribution in [1.29, 1.82) is 0 Å². The Morgan fingerprint density at radius 3 is 1.78 bits per heavy atom. The first kappa shape index (κ1) is 8.71. The molecule has 52 valence electrons. The van der Waals surface area contributed by atoms with Gasteiger partial charge in [0.25, 0.3) is 0 Å². The molecule has 0 aromatic carbocycles. The zero-order valence-electron chi connectivity index (χ0n) is 6.27. The Morgan fingerprint density at radius 1 is 1.44 bits per heavy atom. The quantitative estimate of drug-likeness (QED) is 0.542. The highest BCUT2D eigenvalue weighted by Crippen LogP contribution is 2.48. The second-order valence-corrected chi connectivity index (χ2v) is 6.22. The first-order chi connectivity index (χ1) is 3.89. The maximum absolute atomic E-state index is 10.8. The van der Waals surface area contributed by atoms with E-state index in [0.29, 0.717) is 0 Å². The van der Waals surface area contributed by atoms with E-state index in [4.69, 9.17) is 0 Å². The molecule has 0 saturated carbocycles. The van der Waals surface area contributed by atoms with Gasteiger partial charge in [-0.1, -0.05) is 18.2 Å². The molecule has 1 atom stereocenters. The highest BCUT2D eigenvalue weighted by molar-refractivity contribution is 7.91. The smallest absolute Gasteiger partial charge is 0.153 e. The summed E-state index contributed by atoms with van der Waals surface area (Å²) in [6.45, 7) is 7.37. The standard InChI is InChI=1S/C7H13OP/c1-6(2)9(4,5)7(3)8/h1,4H2,2-3,5H3. The first-order valence-electron chi connectivity index (χ1n) is 2.77. The Morgan fingerprint density at radius 2 is 1.78 bits per heavy atom. The summed E-state index contributed by atoms with van der Waals surface area (Å²) in [4.78, 5) is 10.8. The van der Waals surface area contributed by atoms with Crippen LogP contribution in [0.15, 0.2) is 11.9 Å². The zero-order valence-corrected chi connectivity index (χ0v) is 7.16. The molecule has 0 N–H and O–H groups in total. The molecule has 0 aliphatic heterocycles. The van der Waals surface area contributed by atoms with Crippen LogP contribution in [0.4, 0.5) is 0 Å². The molecule has 0 aromatic rings. The average molecular weight is 144 g/mol. The number of hydrogen-bond donors (Lipinski definition) is 0. The van der Waals surface area contributed by atoms with E-state index >= 15 is 0 Å². The van der Waals surface area contributed by atoms with Gasteiger partial charge in [0.2, 0.25) is 0 Å². The fourth-order valence-corrected chi connectivity index (χ4v) is 0.806. The van der Waals surface area contributed by atoms with Crippen molar-refractivity contribution < 1.29 is 4.79 Å². The van der Waals surface area contributed by atoms with E-state index in [1.165, 1.54) is 0 Å². The summed E-state index contributed by atoms with van der Waals surface area (Å²) in [7, 11) is 0. The molecule has 0 amide bonds. The minimum absolute atomic E-state index is 0.176. The number of carbonyl (C=O) groups excluding carboxylic acids is 1. The maximum atomic E-state index is 10.8. The van der Waals surface area contributed by atoms with E-state index in [2.05, 4.69) is 12.9 Å². The minimum Gasteiger partial charge on any atom is -0.295 e. The molecule has 0 aromatic heterocycles. The zero-order chi connectivity index (χ0) is 7.65. The molecule has 9 heavy (non-hydrogen) atoms. The van der Waals surface area contributed by atoms with Crippen LogP contribution >= 0.6 is 6.89 Å². The van der Waals surface area contributed by atoms with E-state index in [1.54, 1.807) is 6.92 Å². The van der Waals surface area contributed by atoms with Gasteiger partial charge in [0.05, 0.1) is 0 Å². The summed E-state index contributed by atoms with van der Waals surface area (Å²) in [5.74, 6) is 0. The Balaban J connectivity index is 4.61. The molecule has 0 bridgehead atoms. The van der Waals surface area contributed by atoms with Crippen LogP contribution in [0.1, 0.15) is 13.8 Å². The highest BCUT2D eigenvalue weighted by atomic mass is 31.2. The number of hydrogen-bond acceptors (Lipinski definition) is 1. The largest absolute Gasteiger partial charge is 0.295 e. The van der Waals surface area contributed by atoms with Crippen LogP contribution in [-0.2, 0) is 4.79 Å². The topological polar surface area (TPSA) is 17.1 Å². The first-order valence-corrected chi connectivity index (χ1v) is 5.19. The van der Waals surface area contributed by atoms with Crippen molar-refractivity contribution in [2.75, 3.05) is 6.66 Å². The fraction of sp³-hybridized carbons (Fsp3) is 0.429. The molecule has 1 unspecified atom stereocenters. The second-order valence-electron chi connectivity index (χ2n) is 2.45. The van der Waals surface area contributed by atoms with Crippen molar-refractivity contribution in [3.8, 4) is 0 Å². The van der Waals surface area contributed by atoms with Gasteiger partial charge in [-0.25, -0.2) is 0 Å². The summed E-state index contributed by atoms with van der Waals surface area (Å²) in [5, 5.41) is 0.926. The van der Waals surface area contributed by atoms with Gasteiger partial charge >= 0.3 is 0 Å². The molecular weight excluding hydrogens is 131 g/mol. The third kappa shape index (κ3) is 1.83. The van der Waals surface area contributed by atoms with E-state index in [9.17, 15) is 4.79 Å². The lowest BCUT2D eigenvalue weighted by molar-refractivity contribution is -0.109. The lowest BCUT2D eigenvalue weighted by atomic mass is 10.8. The predicted octanol–water partition coefficient (Wildman–Crippen LogP) is 2.15. The van der Waals surface area contributed by atoms with E-state index < -0.39 is 6.89 Å². The molecule has 0 aliphatic rings. The van der Waals surface area contributed by atoms with E-state index in [-0.39, 0.29) is 5.52 Å². The number of allylic oxidation sites excluding steroid dienone is 1. The SMILES string of the molecule is C=C(C)P(=C)(C)C(C)=O. The number of carbonyl (C=O) groups is 1. The lowest BCUT2D eigenvalue weighted by Crippen LogP contribution is -1.92. The van der Waals surface area contributed by atoms with Gasteiger partial charge in [0, 0.05) is 0 Å².